The lowest BCUT2D eigenvalue weighted by Gasteiger charge is -2.34. The van der Waals surface area contributed by atoms with Crippen LogP contribution in [0.5, 0.6) is 0 Å². The number of rotatable bonds is 5. The molecule has 1 aromatic heterocycles. The molecule has 0 radical (unpaired) electrons. The summed E-state index contributed by atoms with van der Waals surface area (Å²) < 4.78 is 0. The number of amides is 2. The number of nitrogens with one attached hydrogen (secondary N) is 2. The van der Waals surface area contributed by atoms with Crippen molar-refractivity contribution in [2.75, 3.05) is 60.7 Å². The van der Waals surface area contributed by atoms with E-state index in [-0.39, 0.29) is 6.03 Å². The molecule has 2 heterocycles. The Kier molecular flexibility index (Phi) is 6.77. The third-order valence-corrected chi connectivity index (χ3v) is 6.15. The number of thioether (sulfide) groups is 1. The van der Waals surface area contributed by atoms with Gasteiger partial charge in [-0.15, -0.1) is 11.8 Å². The van der Waals surface area contributed by atoms with Gasteiger partial charge in [-0.2, -0.15) is 0 Å². The minimum atomic E-state index is -0.296. The van der Waals surface area contributed by atoms with Crippen LogP contribution >= 0.6 is 11.8 Å². The Labute approximate surface area is 192 Å². The van der Waals surface area contributed by atoms with Crippen molar-refractivity contribution in [2.24, 2.45) is 0 Å². The summed E-state index contributed by atoms with van der Waals surface area (Å²) in [5.74, 6) is 1.01. The number of piperazine rings is 1. The Morgan fingerprint density at radius 2 is 1.56 bits per heavy atom. The van der Waals surface area contributed by atoms with Crippen LogP contribution in [0.15, 0.2) is 59.6 Å². The lowest BCUT2D eigenvalue weighted by atomic mass is 10.2. The summed E-state index contributed by atoms with van der Waals surface area (Å²) >= 11 is 1.51. The van der Waals surface area contributed by atoms with E-state index in [9.17, 15) is 4.79 Å². The van der Waals surface area contributed by atoms with Gasteiger partial charge in [-0.25, -0.2) is 14.8 Å². The number of hydrogen-bond donors (Lipinski definition) is 3. The highest BCUT2D eigenvalue weighted by molar-refractivity contribution is 7.98. The van der Waals surface area contributed by atoms with E-state index in [1.807, 2.05) is 54.8 Å². The molecule has 2 aromatic carbocycles. The number of urea groups is 1. The van der Waals surface area contributed by atoms with Gasteiger partial charge in [-0.05, 0) is 61.8 Å². The summed E-state index contributed by atoms with van der Waals surface area (Å²) in [5, 5.41) is 5.72. The first kappa shape index (κ1) is 21.9. The molecule has 4 N–H and O–H groups in total. The number of carbonyl (C=O) groups excluding carboxylic acids is 1. The average molecular weight is 450 g/mol. The Morgan fingerprint density at radius 3 is 2.12 bits per heavy atom. The SMILES string of the molecule is CSc1cnc(-c2ccc(NC(=O)Nc3ccc(N4CCN(C)CC4)cc3)cc2)nc1N. The van der Waals surface area contributed by atoms with Gasteiger partial charge in [0.2, 0.25) is 0 Å². The molecule has 8 nitrogen and oxygen atoms in total. The van der Waals surface area contributed by atoms with Crippen molar-refractivity contribution in [2.45, 2.75) is 4.90 Å². The number of nitrogens with two attached hydrogens (primary N) is 1. The van der Waals surface area contributed by atoms with E-state index in [4.69, 9.17) is 5.73 Å². The highest BCUT2D eigenvalue weighted by Gasteiger charge is 2.14. The molecular formula is C23H27N7OS. The molecule has 32 heavy (non-hydrogen) atoms. The Hall–Kier alpha value is -3.30. The highest BCUT2D eigenvalue weighted by atomic mass is 32.2. The van der Waals surface area contributed by atoms with Crippen LogP contribution in [0.1, 0.15) is 0 Å². The number of aromatic nitrogens is 2. The molecule has 3 aromatic rings. The van der Waals surface area contributed by atoms with E-state index in [2.05, 4.69) is 37.4 Å². The van der Waals surface area contributed by atoms with Crippen LogP contribution in [0.3, 0.4) is 0 Å². The van der Waals surface area contributed by atoms with Gasteiger partial charge in [0, 0.05) is 55.0 Å². The quantitative estimate of drug-likeness (QED) is 0.509. The maximum atomic E-state index is 12.4. The van der Waals surface area contributed by atoms with Crippen LogP contribution in [-0.2, 0) is 0 Å². The Balaban J connectivity index is 1.33. The molecule has 0 spiro atoms. The van der Waals surface area contributed by atoms with E-state index >= 15 is 0 Å². The number of hydrogen-bond acceptors (Lipinski definition) is 7. The molecule has 1 aliphatic heterocycles. The summed E-state index contributed by atoms with van der Waals surface area (Å²) in [6.45, 7) is 4.14. The number of nitrogens with zero attached hydrogens (tertiary/aromatic N) is 4. The van der Waals surface area contributed by atoms with Gasteiger partial charge < -0.3 is 26.2 Å². The number of likely N-dealkylation sites (N-methyl/N-ethyl adjacent to an activating group) is 1. The zero-order valence-electron chi connectivity index (χ0n) is 18.2. The number of carbonyl (C=O) groups is 1. The molecule has 9 heteroatoms. The van der Waals surface area contributed by atoms with Crippen molar-refractivity contribution in [1.82, 2.24) is 14.9 Å². The van der Waals surface area contributed by atoms with E-state index in [1.165, 1.54) is 17.4 Å². The predicted octanol–water partition coefficient (Wildman–Crippen LogP) is 3.84. The van der Waals surface area contributed by atoms with Crippen molar-refractivity contribution in [3.63, 3.8) is 0 Å². The van der Waals surface area contributed by atoms with Crippen LogP contribution in [0, 0.1) is 0 Å². The molecule has 4 rings (SSSR count). The monoisotopic (exact) mass is 449 g/mol. The molecule has 1 fully saturated rings. The largest absolute Gasteiger partial charge is 0.383 e. The van der Waals surface area contributed by atoms with Gasteiger partial charge >= 0.3 is 6.03 Å². The summed E-state index contributed by atoms with van der Waals surface area (Å²) in [7, 11) is 2.14. The molecule has 0 unspecified atom stereocenters. The molecule has 0 saturated carbocycles. The van der Waals surface area contributed by atoms with Crippen molar-refractivity contribution >= 4 is 40.7 Å². The van der Waals surface area contributed by atoms with E-state index < -0.39 is 0 Å². The normalized spacial score (nSPS) is 14.2. The van der Waals surface area contributed by atoms with Crippen molar-refractivity contribution in [3.8, 4) is 11.4 Å². The minimum Gasteiger partial charge on any atom is -0.383 e. The third-order valence-electron chi connectivity index (χ3n) is 5.40. The molecule has 2 amide bonds. The maximum Gasteiger partial charge on any atom is 0.323 e. The van der Waals surface area contributed by atoms with Crippen LogP contribution in [0.25, 0.3) is 11.4 Å². The Bertz CT molecular complexity index is 1060. The molecule has 166 valence electrons. The molecule has 0 atom stereocenters. The van der Waals surface area contributed by atoms with Crippen molar-refractivity contribution in [1.29, 1.82) is 0 Å². The van der Waals surface area contributed by atoms with Gasteiger partial charge in [-0.3, -0.25) is 0 Å². The molecule has 1 saturated heterocycles. The third kappa shape index (κ3) is 5.30. The first-order chi connectivity index (χ1) is 15.5. The zero-order valence-corrected chi connectivity index (χ0v) is 19.0. The highest BCUT2D eigenvalue weighted by Crippen LogP contribution is 2.24. The maximum absolute atomic E-state index is 12.4. The zero-order chi connectivity index (χ0) is 22.5. The fraction of sp³-hybridized carbons (Fsp3) is 0.261. The fourth-order valence-electron chi connectivity index (χ4n) is 3.50. The first-order valence-electron chi connectivity index (χ1n) is 10.4. The minimum absolute atomic E-state index is 0.296. The molecule has 0 bridgehead atoms. The van der Waals surface area contributed by atoms with Crippen LogP contribution in [0.4, 0.5) is 27.7 Å². The van der Waals surface area contributed by atoms with Crippen LogP contribution < -0.4 is 21.3 Å². The second kappa shape index (κ2) is 9.88. The average Bonchev–Trinajstić information content (AvgIpc) is 2.80. The smallest absolute Gasteiger partial charge is 0.323 e. The summed E-state index contributed by atoms with van der Waals surface area (Å²) in [4.78, 5) is 26.6. The van der Waals surface area contributed by atoms with E-state index in [1.54, 1.807) is 6.20 Å². The summed E-state index contributed by atoms with van der Waals surface area (Å²) in [6.07, 6.45) is 3.65. The van der Waals surface area contributed by atoms with Crippen molar-refractivity contribution < 1.29 is 4.79 Å². The number of anilines is 4. The van der Waals surface area contributed by atoms with Gasteiger partial charge in [0.05, 0.1) is 4.90 Å². The molecular weight excluding hydrogens is 422 g/mol. The number of benzene rings is 2. The van der Waals surface area contributed by atoms with Gasteiger partial charge in [-0.1, -0.05) is 0 Å². The summed E-state index contributed by atoms with van der Waals surface area (Å²) in [6, 6.07) is 15.0. The second-order valence-electron chi connectivity index (χ2n) is 7.64. The standard InChI is InChI=1S/C23H27N7OS/c1-29-11-13-30(14-12-29)19-9-7-18(8-10-19)27-23(31)26-17-5-3-16(4-6-17)22-25-15-20(32-2)21(24)28-22/h3-10,15H,11-14H2,1-2H3,(H2,24,25,28)(H2,26,27,31). The van der Waals surface area contributed by atoms with Gasteiger partial charge in [0.25, 0.3) is 0 Å². The molecule has 1 aliphatic rings. The fourth-order valence-corrected chi connectivity index (χ4v) is 3.91. The summed E-state index contributed by atoms with van der Waals surface area (Å²) in [5.41, 5.74) is 9.38. The van der Waals surface area contributed by atoms with Crippen LogP contribution in [0.2, 0.25) is 0 Å². The van der Waals surface area contributed by atoms with Crippen molar-refractivity contribution in [3.05, 3.63) is 54.7 Å². The second-order valence-corrected chi connectivity index (χ2v) is 8.49. The first-order valence-corrected chi connectivity index (χ1v) is 11.6. The van der Waals surface area contributed by atoms with E-state index in [0.29, 0.717) is 17.3 Å². The lowest BCUT2D eigenvalue weighted by molar-refractivity contribution is 0.262. The van der Waals surface area contributed by atoms with Crippen LogP contribution in [-0.4, -0.2) is 60.4 Å². The number of nitrogen functional groups attached to an aromatic ring is 1. The predicted molar refractivity (Wildman–Crippen MR) is 132 cm³/mol. The molecule has 0 aliphatic carbocycles. The van der Waals surface area contributed by atoms with E-state index in [0.717, 1.165) is 42.3 Å². The topological polar surface area (TPSA) is 99.4 Å². The Morgan fingerprint density at radius 1 is 0.969 bits per heavy atom. The van der Waals surface area contributed by atoms with Gasteiger partial charge in [0.15, 0.2) is 5.82 Å². The van der Waals surface area contributed by atoms with Gasteiger partial charge in [0.1, 0.15) is 5.82 Å². The lowest BCUT2D eigenvalue weighted by Crippen LogP contribution is -2.44.